The Bertz CT molecular complexity index is 297. The van der Waals surface area contributed by atoms with Gasteiger partial charge in [-0.1, -0.05) is 0 Å². The van der Waals surface area contributed by atoms with E-state index in [4.69, 9.17) is 0 Å². The van der Waals surface area contributed by atoms with Gasteiger partial charge in [-0.2, -0.15) is 0 Å². The summed E-state index contributed by atoms with van der Waals surface area (Å²) < 4.78 is 0. The van der Waals surface area contributed by atoms with Gasteiger partial charge in [-0.25, -0.2) is 0 Å². The van der Waals surface area contributed by atoms with E-state index in [1.165, 1.54) is 0 Å². The van der Waals surface area contributed by atoms with Crippen molar-refractivity contribution in [2.75, 3.05) is 0 Å². The van der Waals surface area contributed by atoms with Crippen molar-refractivity contribution >= 4 is 23.6 Å². The zero-order valence-corrected chi connectivity index (χ0v) is 7.93. The number of hydrogen-bond acceptors (Lipinski definition) is 4. The van der Waals surface area contributed by atoms with Gasteiger partial charge in [0.2, 0.25) is 23.6 Å². The lowest BCUT2D eigenvalue weighted by molar-refractivity contribution is -0.142. The first-order chi connectivity index (χ1) is 7.09. The number of amides is 4. The van der Waals surface area contributed by atoms with Crippen LogP contribution in [0.3, 0.4) is 0 Å². The second-order valence-corrected chi connectivity index (χ2v) is 3.43. The summed E-state index contributed by atoms with van der Waals surface area (Å²) in [6.07, 6.45) is 0.578. The van der Waals surface area contributed by atoms with Crippen LogP contribution in [0.2, 0.25) is 0 Å². The Balaban J connectivity index is 2.08. The topological polar surface area (TPSA) is 74.8 Å². The fourth-order valence-corrected chi connectivity index (χ4v) is 1.56. The second-order valence-electron chi connectivity index (χ2n) is 3.43. The van der Waals surface area contributed by atoms with Gasteiger partial charge in [-0.15, -0.1) is 0 Å². The Morgan fingerprint density at radius 2 is 0.933 bits per heavy atom. The van der Waals surface area contributed by atoms with Crippen molar-refractivity contribution in [3.63, 3.8) is 0 Å². The molecule has 1 radical (unpaired) electrons. The minimum atomic E-state index is -0.368. The molecular formula is C9H9N2O4. The molecule has 0 aliphatic carbocycles. The van der Waals surface area contributed by atoms with Crippen LogP contribution in [0.25, 0.3) is 0 Å². The fraction of sp³-hybridized carbons (Fsp3) is 0.444. The maximum atomic E-state index is 11.2. The van der Waals surface area contributed by atoms with Crippen LogP contribution in [0.15, 0.2) is 0 Å². The number of carbonyl (C=O) groups is 4. The molecule has 2 saturated heterocycles. The van der Waals surface area contributed by atoms with Crippen LogP contribution >= 0.6 is 0 Å². The van der Waals surface area contributed by atoms with E-state index in [2.05, 4.69) is 0 Å². The molecule has 2 fully saturated rings. The van der Waals surface area contributed by atoms with Crippen LogP contribution in [0.5, 0.6) is 0 Å². The van der Waals surface area contributed by atoms with Crippen LogP contribution < -0.4 is 0 Å². The number of nitrogens with zero attached hydrogens (tertiary/aromatic N) is 2. The van der Waals surface area contributed by atoms with Gasteiger partial charge in [0, 0.05) is 25.7 Å². The van der Waals surface area contributed by atoms with Gasteiger partial charge in [-0.3, -0.25) is 29.0 Å². The maximum absolute atomic E-state index is 11.2. The highest BCUT2D eigenvalue weighted by Gasteiger charge is 2.36. The molecule has 6 nitrogen and oxygen atoms in total. The fourth-order valence-electron chi connectivity index (χ4n) is 1.56. The van der Waals surface area contributed by atoms with Crippen molar-refractivity contribution < 1.29 is 19.2 Å². The van der Waals surface area contributed by atoms with Crippen LogP contribution in [0.1, 0.15) is 25.7 Å². The van der Waals surface area contributed by atoms with Gasteiger partial charge < -0.3 is 0 Å². The molecule has 0 saturated carbocycles. The summed E-state index contributed by atoms with van der Waals surface area (Å²) in [4.78, 5) is 46.5. The summed E-state index contributed by atoms with van der Waals surface area (Å²) in [5.41, 5.74) is 0. The molecule has 0 unspecified atom stereocenters. The number of carbonyl (C=O) groups excluding carboxylic acids is 4. The molecule has 2 aliphatic heterocycles. The van der Waals surface area contributed by atoms with Crippen molar-refractivity contribution in [3.05, 3.63) is 6.67 Å². The third-order valence-electron chi connectivity index (χ3n) is 2.41. The summed E-state index contributed by atoms with van der Waals surface area (Å²) in [5, 5.41) is 0. The van der Waals surface area contributed by atoms with E-state index in [1.807, 2.05) is 0 Å². The van der Waals surface area contributed by atoms with E-state index >= 15 is 0 Å². The van der Waals surface area contributed by atoms with Crippen molar-refractivity contribution in [3.8, 4) is 0 Å². The lowest BCUT2D eigenvalue weighted by Gasteiger charge is -2.19. The maximum Gasteiger partial charge on any atom is 0.231 e. The second kappa shape index (κ2) is 3.45. The number of rotatable bonds is 2. The monoisotopic (exact) mass is 209 g/mol. The van der Waals surface area contributed by atoms with Crippen molar-refractivity contribution in [2.45, 2.75) is 25.7 Å². The molecule has 0 aromatic heterocycles. The SMILES string of the molecule is O=C1CCC(=O)N1[CH]N1C(=O)CCC1=O. The van der Waals surface area contributed by atoms with E-state index < -0.39 is 0 Å². The van der Waals surface area contributed by atoms with E-state index in [0.29, 0.717) is 0 Å². The van der Waals surface area contributed by atoms with Gasteiger partial charge in [0.05, 0.1) is 0 Å². The lowest BCUT2D eigenvalue weighted by atomic mass is 10.4. The zero-order valence-electron chi connectivity index (χ0n) is 7.93. The summed E-state index contributed by atoms with van der Waals surface area (Å²) in [7, 11) is 0. The molecule has 0 atom stereocenters. The first kappa shape index (κ1) is 9.82. The molecule has 15 heavy (non-hydrogen) atoms. The molecule has 0 spiro atoms. The Hall–Kier alpha value is -1.72. The first-order valence-corrected chi connectivity index (χ1v) is 4.64. The summed E-state index contributed by atoms with van der Waals surface area (Å²) in [6, 6.07) is 0. The zero-order chi connectivity index (χ0) is 11.0. The quantitative estimate of drug-likeness (QED) is 0.569. The lowest BCUT2D eigenvalue weighted by Crippen LogP contribution is -2.38. The van der Waals surface area contributed by atoms with E-state index in [-0.39, 0.29) is 49.3 Å². The number of hydrogen-bond donors (Lipinski definition) is 0. The average molecular weight is 209 g/mol. The van der Waals surface area contributed by atoms with Crippen LogP contribution in [0, 0.1) is 6.67 Å². The summed E-state index contributed by atoms with van der Waals surface area (Å²) >= 11 is 0. The highest BCUT2D eigenvalue weighted by atomic mass is 16.2. The predicted molar refractivity (Wildman–Crippen MR) is 46.5 cm³/mol. The molecule has 2 heterocycles. The van der Waals surface area contributed by atoms with Gasteiger partial charge in [0.15, 0.2) is 6.67 Å². The molecule has 6 heteroatoms. The molecule has 0 aromatic rings. The number of imide groups is 2. The average Bonchev–Trinajstić information content (AvgIpc) is 2.67. The van der Waals surface area contributed by atoms with Gasteiger partial charge in [-0.05, 0) is 0 Å². The Labute approximate surface area is 85.8 Å². The molecule has 4 amide bonds. The first-order valence-electron chi connectivity index (χ1n) is 4.64. The minimum absolute atomic E-state index is 0.144. The smallest absolute Gasteiger partial charge is 0.231 e. The van der Waals surface area contributed by atoms with Gasteiger partial charge in [0.1, 0.15) is 0 Å². The van der Waals surface area contributed by atoms with Crippen molar-refractivity contribution in [2.24, 2.45) is 0 Å². The highest BCUT2D eigenvalue weighted by Crippen LogP contribution is 2.19. The van der Waals surface area contributed by atoms with Crippen LogP contribution in [-0.4, -0.2) is 33.4 Å². The largest absolute Gasteiger partial charge is 0.274 e. The normalized spacial score (nSPS) is 22.1. The van der Waals surface area contributed by atoms with Gasteiger partial charge in [0.25, 0.3) is 0 Å². The Morgan fingerprint density at radius 1 is 0.667 bits per heavy atom. The molecule has 0 aromatic carbocycles. The molecule has 0 bridgehead atoms. The highest BCUT2D eigenvalue weighted by molar-refractivity contribution is 6.06. The van der Waals surface area contributed by atoms with Crippen molar-refractivity contribution in [1.82, 2.24) is 9.80 Å². The molecular weight excluding hydrogens is 200 g/mol. The standard InChI is InChI=1S/C9H9N2O4/c12-6-1-2-7(13)10(6)5-11-8(14)3-4-9(11)15/h5H,1-4H2. The predicted octanol–water partition coefficient (Wildman–Crippen LogP) is -0.596. The summed E-state index contributed by atoms with van der Waals surface area (Å²) in [6.45, 7) is 1.02. The molecule has 79 valence electrons. The Kier molecular flexibility index (Phi) is 2.26. The van der Waals surface area contributed by atoms with Gasteiger partial charge >= 0.3 is 0 Å². The Morgan fingerprint density at radius 3 is 1.20 bits per heavy atom. The van der Waals surface area contributed by atoms with Crippen LogP contribution in [0.4, 0.5) is 0 Å². The number of likely N-dealkylation sites (tertiary alicyclic amines) is 2. The molecule has 0 N–H and O–H groups in total. The van der Waals surface area contributed by atoms with E-state index in [1.54, 1.807) is 0 Å². The molecule has 2 aliphatic rings. The third-order valence-corrected chi connectivity index (χ3v) is 2.41. The molecule has 2 rings (SSSR count). The van der Waals surface area contributed by atoms with E-state index in [9.17, 15) is 19.2 Å². The van der Waals surface area contributed by atoms with Crippen molar-refractivity contribution in [1.29, 1.82) is 0 Å². The minimum Gasteiger partial charge on any atom is -0.274 e. The summed E-state index contributed by atoms with van der Waals surface area (Å²) in [5.74, 6) is -1.47. The van der Waals surface area contributed by atoms with E-state index in [0.717, 1.165) is 16.5 Å². The van der Waals surface area contributed by atoms with Crippen LogP contribution in [-0.2, 0) is 19.2 Å². The third kappa shape index (κ3) is 1.62.